The highest BCUT2D eigenvalue weighted by molar-refractivity contribution is 6.08. The maximum Gasteiger partial charge on any atom is 0.258 e. The smallest absolute Gasteiger partial charge is 0.258 e. The molecule has 3 aromatic rings. The van der Waals surface area contributed by atoms with E-state index in [1.54, 1.807) is 35.0 Å². The lowest BCUT2D eigenvalue weighted by molar-refractivity contribution is 0.102. The average molecular weight is 365 g/mol. The van der Waals surface area contributed by atoms with E-state index in [0.717, 1.165) is 11.9 Å². The van der Waals surface area contributed by atoms with Crippen LogP contribution in [-0.2, 0) is 6.54 Å². The van der Waals surface area contributed by atoms with Crippen molar-refractivity contribution in [2.45, 2.75) is 20.4 Å². The van der Waals surface area contributed by atoms with Gasteiger partial charge in [0, 0.05) is 41.3 Å². The fraction of sp³-hybridized carbons (Fsp3) is 0.273. The fourth-order valence-corrected chi connectivity index (χ4v) is 2.70. The van der Waals surface area contributed by atoms with Gasteiger partial charge in [0.1, 0.15) is 0 Å². The minimum atomic E-state index is -0.190. The van der Waals surface area contributed by atoms with Gasteiger partial charge in [0.2, 0.25) is 0 Å². The molecule has 142 valence electrons. The summed E-state index contributed by atoms with van der Waals surface area (Å²) in [5, 5.41) is 4.25. The highest BCUT2D eigenvalue weighted by Crippen LogP contribution is 2.21. The number of amides is 1. The Bertz CT molecular complexity index is 947. The fourth-order valence-electron chi connectivity index (χ4n) is 2.70. The molecule has 0 saturated carbocycles. The van der Waals surface area contributed by atoms with E-state index >= 15 is 0 Å². The van der Waals surface area contributed by atoms with E-state index in [1.807, 2.05) is 63.2 Å². The van der Waals surface area contributed by atoms with Gasteiger partial charge in [-0.2, -0.15) is 0 Å². The molecule has 0 atom stereocenters. The zero-order valence-corrected chi connectivity index (χ0v) is 16.4. The van der Waals surface area contributed by atoms with Crippen LogP contribution >= 0.6 is 0 Å². The Morgan fingerprint density at radius 1 is 0.963 bits per heavy atom. The molecule has 0 saturated heterocycles. The molecule has 0 fully saturated rings. The molecule has 27 heavy (non-hydrogen) atoms. The Balaban J connectivity index is 0.00000126. The molecular weight excluding hydrogens is 338 g/mol. The summed E-state index contributed by atoms with van der Waals surface area (Å²) in [4.78, 5) is 27.1. The molecule has 0 spiro atoms. The number of fused-ring (bicyclic) bond motifs is 1. The Kier molecular flexibility index (Phi) is 7.32. The van der Waals surface area contributed by atoms with Crippen molar-refractivity contribution in [3.8, 4) is 0 Å². The van der Waals surface area contributed by atoms with E-state index in [9.17, 15) is 9.59 Å². The van der Waals surface area contributed by atoms with Crippen LogP contribution in [0.2, 0.25) is 0 Å². The molecule has 3 rings (SSSR count). The van der Waals surface area contributed by atoms with Crippen LogP contribution in [0.25, 0.3) is 10.8 Å². The molecule has 0 aliphatic carbocycles. The summed E-state index contributed by atoms with van der Waals surface area (Å²) in [7, 11) is 3.95. The number of rotatable bonds is 5. The minimum absolute atomic E-state index is 0.0461. The van der Waals surface area contributed by atoms with E-state index in [0.29, 0.717) is 23.2 Å². The lowest BCUT2D eigenvalue weighted by Crippen LogP contribution is -2.26. The SMILES string of the molecule is CC.CN(C)CCn1ccc2c(NC(=O)c3ccccc3)cccc2c1=O. The zero-order valence-electron chi connectivity index (χ0n) is 16.4. The number of nitrogens with zero attached hydrogens (tertiary/aromatic N) is 2. The first-order valence-corrected chi connectivity index (χ1v) is 9.19. The molecule has 5 nitrogen and oxygen atoms in total. The van der Waals surface area contributed by atoms with E-state index in [2.05, 4.69) is 5.32 Å². The first-order chi connectivity index (χ1) is 13.1. The van der Waals surface area contributed by atoms with Crippen LogP contribution in [0.5, 0.6) is 0 Å². The van der Waals surface area contributed by atoms with Gasteiger partial charge < -0.3 is 14.8 Å². The van der Waals surface area contributed by atoms with Crippen molar-refractivity contribution in [2.24, 2.45) is 0 Å². The normalized spacial score (nSPS) is 10.4. The lowest BCUT2D eigenvalue weighted by atomic mass is 10.1. The second kappa shape index (κ2) is 9.69. The Morgan fingerprint density at radius 3 is 2.33 bits per heavy atom. The maximum atomic E-state index is 12.7. The number of likely N-dealkylation sites (N-methyl/N-ethyl adjacent to an activating group) is 1. The predicted octanol–water partition coefficient (Wildman–Crippen LogP) is 3.84. The van der Waals surface area contributed by atoms with E-state index in [-0.39, 0.29) is 11.5 Å². The van der Waals surface area contributed by atoms with Gasteiger partial charge in [-0.3, -0.25) is 9.59 Å². The summed E-state index contributed by atoms with van der Waals surface area (Å²) in [6.45, 7) is 5.41. The molecule has 1 heterocycles. The van der Waals surface area contributed by atoms with Crippen molar-refractivity contribution in [3.63, 3.8) is 0 Å². The monoisotopic (exact) mass is 365 g/mol. The predicted molar refractivity (Wildman–Crippen MR) is 113 cm³/mol. The van der Waals surface area contributed by atoms with Gasteiger partial charge in [0.15, 0.2) is 0 Å². The molecule has 0 aliphatic rings. The summed E-state index contributed by atoms with van der Waals surface area (Å²) >= 11 is 0. The Hall–Kier alpha value is -2.92. The Morgan fingerprint density at radius 2 is 1.67 bits per heavy atom. The van der Waals surface area contributed by atoms with Gasteiger partial charge in [-0.25, -0.2) is 0 Å². The molecule has 0 bridgehead atoms. The minimum Gasteiger partial charge on any atom is -0.321 e. The molecule has 5 heteroatoms. The second-order valence-corrected chi connectivity index (χ2v) is 6.20. The van der Waals surface area contributed by atoms with Crippen LogP contribution in [0.3, 0.4) is 0 Å². The van der Waals surface area contributed by atoms with Crippen LogP contribution in [0.1, 0.15) is 24.2 Å². The van der Waals surface area contributed by atoms with Gasteiger partial charge in [0.25, 0.3) is 11.5 Å². The van der Waals surface area contributed by atoms with Crippen molar-refractivity contribution in [3.05, 3.63) is 76.7 Å². The lowest BCUT2D eigenvalue weighted by Gasteiger charge is -2.13. The molecule has 1 N–H and O–H groups in total. The van der Waals surface area contributed by atoms with Crippen molar-refractivity contribution < 1.29 is 4.79 Å². The van der Waals surface area contributed by atoms with Crippen LogP contribution < -0.4 is 10.9 Å². The van der Waals surface area contributed by atoms with Crippen molar-refractivity contribution in [1.82, 2.24) is 9.47 Å². The summed E-state index contributed by atoms with van der Waals surface area (Å²) in [5.74, 6) is -0.190. The molecular formula is C22H27N3O2. The number of carbonyl (C=O) groups excluding carboxylic acids is 1. The van der Waals surface area contributed by atoms with Crippen LogP contribution in [0.4, 0.5) is 5.69 Å². The highest BCUT2D eigenvalue weighted by atomic mass is 16.1. The Labute approximate surface area is 160 Å². The number of hydrogen-bond acceptors (Lipinski definition) is 3. The van der Waals surface area contributed by atoms with Gasteiger partial charge in [-0.1, -0.05) is 38.1 Å². The number of pyridine rings is 1. The standard InChI is InChI=1S/C20H21N3O2.C2H6/c1-22(2)13-14-23-12-11-16-17(20(23)25)9-6-10-18(16)21-19(24)15-7-4-3-5-8-15;1-2/h3-12H,13-14H2,1-2H3,(H,21,24);1-2H3. The molecule has 2 aromatic carbocycles. The largest absolute Gasteiger partial charge is 0.321 e. The third-order valence-corrected chi connectivity index (χ3v) is 4.09. The van der Waals surface area contributed by atoms with Crippen molar-refractivity contribution >= 4 is 22.4 Å². The van der Waals surface area contributed by atoms with Crippen LogP contribution in [0, 0.1) is 0 Å². The number of nitrogens with one attached hydrogen (secondary N) is 1. The summed E-state index contributed by atoms with van der Waals surface area (Å²) in [6.07, 6.45) is 1.78. The van der Waals surface area contributed by atoms with Gasteiger partial charge in [-0.05, 0) is 44.4 Å². The quantitative estimate of drug-likeness (QED) is 0.747. The van der Waals surface area contributed by atoms with Crippen molar-refractivity contribution in [1.29, 1.82) is 0 Å². The van der Waals surface area contributed by atoms with Gasteiger partial charge in [-0.15, -0.1) is 0 Å². The van der Waals surface area contributed by atoms with Crippen molar-refractivity contribution in [2.75, 3.05) is 26.0 Å². The van der Waals surface area contributed by atoms with Crippen LogP contribution in [0.15, 0.2) is 65.6 Å². The average Bonchev–Trinajstić information content (AvgIpc) is 2.70. The molecule has 1 aromatic heterocycles. The summed E-state index contributed by atoms with van der Waals surface area (Å²) in [6, 6.07) is 16.3. The third kappa shape index (κ3) is 5.05. The molecule has 0 aliphatic heterocycles. The van der Waals surface area contributed by atoms with Crippen LogP contribution in [-0.4, -0.2) is 36.0 Å². The second-order valence-electron chi connectivity index (χ2n) is 6.20. The number of benzene rings is 2. The number of carbonyl (C=O) groups is 1. The van der Waals surface area contributed by atoms with E-state index < -0.39 is 0 Å². The number of anilines is 1. The first kappa shape index (κ1) is 20.4. The third-order valence-electron chi connectivity index (χ3n) is 4.09. The molecule has 0 radical (unpaired) electrons. The highest BCUT2D eigenvalue weighted by Gasteiger charge is 2.10. The summed E-state index contributed by atoms with van der Waals surface area (Å²) < 4.78 is 1.70. The molecule has 1 amide bonds. The topological polar surface area (TPSA) is 54.3 Å². The first-order valence-electron chi connectivity index (χ1n) is 9.19. The maximum absolute atomic E-state index is 12.7. The number of aromatic nitrogens is 1. The van der Waals surface area contributed by atoms with Gasteiger partial charge in [0.05, 0.1) is 0 Å². The van der Waals surface area contributed by atoms with E-state index in [4.69, 9.17) is 0 Å². The molecule has 0 unspecified atom stereocenters. The summed E-state index contributed by atoms with van der Waals surface area (Å²) in [5.41, 5.74) is 1.18. The van der Waals surface area contributed by atoms with E-state index in [1.165, 1.54) is 0 Å². The zero-order chi connectivity index (χ0) is 19.8. The number of hydrogen-bond donors (Lipinski definition) is 1. The van der Waals surface area contributed by atoms with Gasteiger partial charge >= 0.3 is 0 Å².